The molecule has 0 saturated carbocycles. The number of ether oxygens (including phenoxy) is 3. The van der Waals surface area contributed by atoms with Crippen molar-refractivity contribution in [1.29, 1.82) is 0 Å². The quantitative estimate of drug-likeness (QED) is 0.381. The van der Waals surface area contributed by atoms with E-state index in [1.165, 1.54) is 13.2 Å². The number of phenolic OH excluding ortho intramolecular Hbond substituents is 2. The molecule has 9 nitrogen and oxygen atoms in total. The average molecular weight is 318 g/mol. The standard InChI is InChI=1S/C13H18O9/c1-20-7-3-5(15)2-6(16)12(7)22-13-11(19)10(18)9(17)8(4-14)21-13/h2-3,8-11,13-19H,4H2,1H3/t8-,9-,10+,11-,13+/m1/s1. The van der Waals surface area contributed by atoms with Gasteiger partial charge in [0.05, 0.1) is 13.7 Å². The Morgan fingerprint density at radius 1 is 1.09 bits per heavy atom. The first-order valence-corrected chi connectivity index (χ1v) is 6.46. The van der Waals surface area contributed by atoms with Crippen molar-refractivity contribution in [2.45, 2.75) is 30.7 Å². The van der Waals surface area contributed by atoms with Crippen molar-refractivity contribution < 1.29 is 44.8 Å². The van der Waals surface area contributed by atoms with Crippen LogP contribution < -0.4 is 9.47 Å². The smallest absolute Gasteiger partial charge is 0.229 e. The van der Waals surface area contributed by atoms with Crippen LogP contribution in [0.5, 0.6) is 23.0 Å². The molecule has 124 valence electrons. The van der Waals surface area contributed by atoms with Crippen molar-refractivity contribution in [3.63, 3.8) is 0 Å². The van der Waals surface area contributed by atoms with Crippen LogP contribution in [0.25, 0.3) is 0 Å². The molecule has 0 aliphatic carbocycles. The summed E-state index contributed by atoms with van der Waals surface area (Å²) in [6.45, 7) is -0.608. The lowest BCUT2D eigenvalue weighted by Gasteiger charge is -2.39. The maximum Gasteiger partial charge on any atom is 0.229 e. The molecule has 9 heteroatoms. The van der Waals surface area contributed by atoms with Gasteiger partial charge in [-0.15, -0.1) is 0 Å². The number of hydrogen-bond donors (Lipinski definition) is 6. The van der Waals surface area contributed by atoms with E-state index in [-0.39, 0.29) is 17.2 Å². The van der Waals surface area contributed by atoms with E-state index in [1.807, 2.05) is 0 Å². The number of phenols is 2. The highest BCUT2D eigenvalue weighted by Gasteiger charge is 2.45. The lowest BCUT2D eigenvalue weighted by Crippen LogP contribution is -2.60. The van der Waals surface area contributed by atoms with Crippen LogP contribution in [0.1, 0.15) is 0 Å². The maximum atomic E-state index is 9.88. The topological polar surface area (TPSA) is 149 Å². The maximum absolute atomic E-state index is 9.88. The minimum absolute atomic E-state index is 0.0329. The van der Waals surface area contributed by atoms with Crippen molar-refractivity contribution in [2.75, 3.05) is 13.7 Å². The summed E-state index contributed by atoms with van der Waals surface area (Å²) in [4.78, 5) is 0. The predicted octanol–water partition coefficient (Wildman–Crippen LogP) is -1.71. The van der Waals surface area contributed by atoms with Gasteiger partial charge in [0, 0.05) is 12.1 Å². The molecule has 22 heavy (non-hydrogen) atoms. The molecule has 0 radical (unpaired) electrons. The third-order valence-electron chi connectivity index (χ3n) is 3.32. The van der Waals surface area contributed by atoms with Gasteiger partial charge in [-0.25, -0.2) is 0 Å². The SMILES string of the molecule is COc1cc(O)cc(O)c1O[C@@H]1O[C@H](CO)[C@@H](O)[C@H](O)[C@H]1O. The largest absolute Gasteiger partial charge is 0.508 e. The third kappa shape index (κ3) is 3.03. The zero-order valence-corrected chi connectivity index (χ0v) is 11.7. The summed E-state index contributed by atoms with van der Waals surface area (Å²) < 4.78 is 15.4. The monoisotopic (exact) mass is 318 g/mol. The minimum Gasteiger partial charge on any atom is -0.508 e. The Hall–Kier alpha value is -1.78. The third-order valence-corrected chi connectivity index (χ3v) is 3.32. The molecule has 5 atom stereocenters. The number of aliphatic hydroxyl groups excluding tert-OH is 4. The number of methoxy groups -OCH3 is 1. The van der Waals surface area contributed by atoms with Gasteiger partial charge < -0.3 is 44.8 Å². The van der Waals surface area contributed by atoms with Crippen LogP contribution >= 0.6 is 0 Å². The zero-order valence-electron chi connectivity index (χ0n) is 11.7. The summed E-state index contributed by atoms with van der Waals surface area (Å²) in [6.07, 6.45) is -7.37. The van der Waals surface area contributed by atoms with E-state index in [9.17, 15) is 25.5 Å². The molecule has 1 heterocycles. The van der Waals surface area contributed by atoms with Gasteiger partial charge in [0.1, 0.15) is 30.2 Å². The number of aliphatic hydroxyl groups is 4. The molecule has 1 fully saturated rings. The molecule has 1 aromatic rings. The van der Waals surface area contributed by atoms with E-state index in [0.717, 1.165) is 6.07 Å². The first-order chi connectivity index (χ1) is 10.4. The predicted molar refractivity (Wildman–Crippen MR) is 70.7 cm³/mol. The number of hydrogen-bond acceptors (Lipinski definition) is 9. The summed E-state index contributed by atoms with van der Waals surface area (Å²) in [5, 5.41) is 57.5. The van der Waals surface area contributed by atoms with Gasteiger partial charge in [0.15, 0.2) is 11.5 Å². The van der Waals surface area contributed by atoms with Crippen molar-refractivity contribution in [3.05, 3.63) is 12.1 Å². The van der Waals surface area contributed by atoms with Crippen LogP contribution in [0.15, 0.2) is 12.1 Å². The molecule has 1 aliphatic rings. The summed E-state index contributed by atoms with van der Waals surface area (Å²) in [7, 11) is 1.27. The van der Waals surface area contributed by atoms with Crippen molar-refractivity contribution in [3.8, 4) is 23.0 Å². The Bertz CT molecular complexity index is 518. The second kappa shape index (κ2) is 6.55. The molecule has 0 unspecified atom stereocenters. The van der Waals surface area contributed by atoms with E-state index in [2.05, 4.69) is 0 Å². The molecule has 1 aromatic carbocycles. The fraction of sp³-hybridized carbons (Fsp3) is 0.538. The number of benzene rings is 1. The minimum atomic E-state index is -1.63. The van der Waals surface area contributed by atoms with E-state index >= 15 is 0 Å². The Kier molecular flexibility index (Phi) is 4.94. The number of rotatable bonds is 4. The van der Waals surface area contributed by atoms with Crippen LogP contribution in [0.4, 0.5) is 0 Å². The molecule has 0 spiro atoms. The summed E-state index contributed by atoms with van der Waals surface area (Å²) in [5.74, 6) is -1.01. The van der Waals surface area contributed by atoms with Crippen molar-refractivity contribution >= 4 is 0 Å². The van der Waals surface area contributed by atoms with Crippen molar-refractivity contribution in [2.24, 2.45) is 0 Å². The Labute approximate surface area is 125 Å². The summed E-state index contributed by atoms with van der Waals surface area (Å²) in [5.41, 5.74) is 0. The Morgan fingerprint density at radius 2 is 1.77 bits per heavy atom. The number of aromatic hydroxyl groups is 2. The van der Waals surface area contributed by atoms with Crippen LogP contribution in [0.3, 0.4) is 0 Å². The highest BCUT2D eigenvalue weighted by Crippen LogP contribution is 2.41. The second-order valence-electron chi connectivity index (χ2n) is 4.81. The first kappa shape index (κ1) is 16.6. The van der Waals surface area contributed by atoms with Gasteiger partial charge in [-0.1, -0.05) is 0 Å². The van der Waals surface area contributed by atoms with Gasteiger partial charge in [-0.3, -0.25) is 0 Å². The second-order valence-corrected chi connectivity index (χ2v) is 4.81. The summed E-state index contributed by atoms with van der Waals surface area (Å²) in [6, 6.07) is 2.15. The van der Waals surface area contributed by atoms with Gasteiger partial charge in [0.25, 0.3) is 0 Å². The van der Waals surface area contributed by atoms with Gasteiger partial charge >= 0.3 is 0 Å². The first-order valence-electron chi connectivity index (χ1n) is 6.46. The molecular weight excluding hydrogens is 300 g/mol. The van der Waals surface area contributed by atoms with E-state index in [4.69, 9.17) is 19.3 Å². The summed E-state index contributed by atoms with van der Waals surface area (Å²) >= 11 is 0. The Balaban J connectivity index is 2.26. The molecule has 0 bridgehead atoms. The molecular formula is C13H18O9. The lowest BCUT2D eigenvalue weighted by molar-refractivity contribution is -0.277. The van der Waals surface area contributed by atoms with Crippen LogP contribution in [-0.4, -0.2) is 75.1 Å². The lowest BCUT2D eigenvalue weighted by atomic mass is 9.99. The molecule has 0 amide bonds. The van der Waals surface area contributed by atoms with Crippen LogP contribution in [0.2, 0.25) is 0 Å². The highest BCUT2D eigenvalue weighted by molar-refractivity contribution is 5.54. The molecule has 1 saturated heterocycles. The van der Waals surface area contributed by atoms with Gasteiger partial charge in [0.2, 0.25) is 12.0 Å². The highest BCUT2D eigenvalue weighted by atomic mass is 16.7. The van der Waals surface area contributed by atoms with E-state index in [0.29, 0.717) is 0 Å². The molecule has 2 rings (SSSR count). The molecule has 6 N–H and O–H groups in total. The molecule has 1 aliphatic heterocycles. The van der Waals surface area contributed by atoms with Crippen LogP contribution in [0, 0.1) is 0 Å². The normalized spacial score (nSPS) is 31.8. The van der Waals surface area contributed by atoms with E-state index < -0.39 is 43.1 Å². The van der Waals surface area contributed by atoms with Crippen LogP contribution in [-0.2, 0) is 4.74 Å². The molecule has 0 aromatic heterocycles. The van der Waals surface area contributed by atoms with E-state index in [1.54, 1.807) is 0 Å². The van der Waals surface area contributed by atoms with Crippen molar-refractivity contribution in [1.82, 2.24) is 0 Å². The average Bonchev–Trinajstić information content (AvgIpc) is 2.49. The fourth-order valence-electron chi connectivity index (χ4n) is 2.12. The fourth-order valence-corrected chi connectivity index (χ4v) is 2.12. The van der Waals surface area contributed by atoms with Gasteiger partial charge in [-0.2, -0.15) is 0 Å². The zero-order chi connectivity index (χ0) is 16.4. The Morgan fingerprint density at radius 3 is 2.36 bits per heavy atom. The van der Waals surface area contributed by atoms with Gasteiger partial charge in [-0.05, 0) is 0 Å².